The Balaban J connectivity index is 1.64. The minimum atomic E-state index is -0.643. The van der Waals surface area contributed by atoms with Crippen LogP contribution in [0.1, 0.15) is 44.0 Å². The summed E-state index contributed by atoms with van der Waals surface area (Å²) < 4.78 is 5.94. The topological polar surface area (TPSA) is 67.4 Å². The summed E-state index contributed by atoms with van der Waals surface area (Å²) >= 11 is 0. The molecule has 5 nitrogen and oxygen atoms in total. The van der Waals surface area contributed by atoms with Gasteiger partial charge in [0.05, 0.1) is 0 Å². The Bertz CT molecular complexity index is 1030. The molecule has 32 heavy (non-hydrogen) atoms. The maximum absolute atomic E-state index is 12.8. The molecule has 0 aromatic heterocycles. The first-order valence-electron chi connectivity index (χ1n) is 11.0. The normalized spacial score (nSPS) is 12.5. The number of hydrogen-bond acceptors (Lipinski definition) is 3. The van der Waals surface area contributed by atoms with Gasteiger partial charge in [-0.05, 0) is 61.2 Å². The Labute approximate surface area is 189 Å². The van der Waals surface area contributed by atoms with E-state index in [1.54, 1.807) is 24.3 Å². The number of carbonyl (C=O) groups is 2. The van der Waals surface area contributed by atoms with Gasteiger partial charge in [-0.25, -0.2) is 0 Å². The van der Waals surface area contributed by atoms with Crippen LogP contribution in [-0.4, -0.2) is 24.0 Å². The van der Waals surface area contributed by atoms with Crippen molar-refractivity contribution >= 4 is 17.5 Å². The van der Waals surface area contributed by atoms with E-state index in [4.69, 9.17) is 4.74 Å². The molecule has 2 unspecified atom stereocenters. The van der Waals surface area contributed by atoms with Crippen molar-refractivity contribution in [3.63, 3.8) is 0 Å². The van der Waals surface area contributed by atoms with Crippen molar-refractivity contribution < 1.29 is 14.3 Å². The molecule has 0 aliphatic heterocycles. The lowest BCUT2D eigenvalue weighted by Gasteiger charge is -2.18. The molecule has 2 amide bonds. The molecule has 2 N–H and O–H groups in total. The molecule has 3 aromatic rings. The first-order valence-corrected chi connectivity index (χ1v) is 11.0. The fourth-order valence-corrected chi connectivity index (χ4v) is 3.21. The average molecular weight is 431 g/mol. The third-order valence-corrected chi connectivity index (χ3v) is 5.29. The molecule has 0 aliphatic rings. The van der Waals surface area contributed by atoms with Crippen molar-refractivity contribution in [2.45, 2.75) is 45.8 Å². The van der Waals surface area contributed by atoms with Gasteiger partial charge in [0.1, 0.15) is 5.75 Å². The predicted octanol–water partition coefficient (Wildman–Crippen LogP) is 5.68. The molecule has 0 heterocycles. The Morgan fingerprint density at radius 1 is 0.844 bits per heavy atom. The van der Waals surface area contributed by atoms with Crippen LogP contribution in [0.25, 0.3) is 11.1 Å². The van der Waals surface area contributed by atoms with Gasteiger partial charge in [-0.1, -0.05) is 62.4 Å². The molecule has 166 valence electrons. The predicted molar refractivity (Wildman–Crippen MR) is 129 cm³/mol. The van der Waals surface area contributed by atoms with Crippen LogP contribution in [0, 0.1) is 0 Å². The van der Waals surface area contributed by atoms with Gasteiger partial charge in [-0.3, -0.25) is 9.59 Å². The number of rotatable bonds is 9. The highest BCUT2D eigenvalue weighted by atomic mass is 16.5. The average Bonchev–Trinajstić information content (AvgIpc) is 2.83. The zero-order valence-electron chi connectivity index (χ0n) is 18.8. The van der Waals surface area contributed by atoms with Gasteiger partial charge in [0.15, 0.2) is 6.10 Å². The van der Waals surface area contributed by atoms with Gasteiger partial charge in [0.25, 0.3) is 11.8 Å². The lowest BCUT2D eigenvalue weighted by atomic mass is 10.1. The van der Waals surface area contributed by atoms with Crippen LogP contribution in [0.2, 0.25) is 0 Å². The van der Waals surface area contributed by atoms with Gasteiger partial charge in [0, 0.05) is 17.3 Å². The Morgan fingerprint density at radius 3 is 2.19 bits per heavy atom. The van der Waals surface area contributed by atoms with Crippen molar-refractivity contribution in [3.8, 4) is 16.9 Å². The molecule has 3 rings (SSSR count). The zero-order valence-corrected chi connectivity index (χ0v) is 18.8. The van der Waals surface area contributed by atoms with E-state index in [1.807, 2.05) is 63.2 Å². The zero-order chi connectivity index (χ0) is 22.9. The third kappa shape index (κ3) is 6.20. The van der Waals surface area contributed by atoms with E-state index in [9.17, 15) is 9.59 Å². The number of hydrogen-bond donors (Lipinski definition) is 2. The van der Waals surface area contributed by atoms with Gasteiger partial charge in [-0.2, -0.15) is 0 Å². The molecule has 0 bridgehead atoms. The summed E-state index contributed by atoms with van der Waals surface area (Å²) in [6, 6.07) is 24.8. The second-order valence-corrected chi connectivity index (χ2v) is 7.76. The quantitative estimate of drug-likeness (QED) is 0.459. The van der Waals surface area contributed by atoms with E-state index in [2.05, 4.69) is 22.8 Å². The molecule has 5 heteroatoms. The summed E-state index contributed by atoms with van der Waals surface area (Å²) in [5.41, 5.74) is 3.28. The first-order chi connectivity index (χ1) is 15.5. The third-order valence-electron chi connectivity index (χ3n) is 5.29. The summed E-state index contributed by atoms with van der Waals surface area (Å²) in [6.07, 6.45) is 0.722. The smallest absolute Gasteiger partial charge is 0.265 e. The van der Waals surface area contributed by atoms with Gasteiger partial charge >= 0.3 is 0 Å². The first kappa shape index (κ1) is 23.1. The van der Waals surface area contributed by atoms with Gasteiger partial charge in [0.2, 0.25) is 0 Å². The van der Waals surface area contributed by atoms with E-state index >= 15 is 0 Å². The summed E-state index contributed by atoms with van der Waals surface area (Å²) in [5.74, 6) is 0.227. The van der Waals surface area contributed by atoms with Crippen LogP contribution in [0.3, 0.4) is 0 Å². The molecule has 2 atom stereocenters. The van der Waals surface area contributed by atoms with Gasteiger partial charge in [-0.15, -0.1) is 0 Å². The van der Waals surface area contributed by atoms with Crippen LogP contribution in [0.15, 0.2) is 78.9 Å². The fraction of sp³-hybridized carbons (Fsp3) is 0.259. The molecule has 0 fully saturated rings. The number of amides is 2. The lowest BCUT2D eigenvalue weighted by molar-refractivity contribution is -0.122. The van der Waals surface area contributed by atoms with Crippen LogP contribution >= 0.6 is 0 Å². The number of carbonyl (C=O) groups excluding carboxylic acids is 2. The second kappa shape index (κ2) is 11.1. The summed E-state index contributed by atoms with van der Waals surface area (Å²) in [5, 5.41) is 5.80. The highest BCUT2D eigenvalue weighted by Crippen LogP contribution is 2.23. The van der Waals surface area contributed by atoms with E-state index in [0.717, 1.165) is 17.5 Å². The standard InChI is InChI=1S/C27H30N2O3/c1-4-19(3)28-26(30)22-12-9-13-23(18-22)29-27(31)25(5-2)32-24-16-14-21(15-17-24)20-10-7-6-8-11-20/h6-19,25H,4-5H2,1-3H3,(H,28,30)(H,29,31). The van der Waals surface area contributed by atoms with Crippen molar-refractivity contribution in [2.24, 2.45) is 0 Å². The summed E-state index contributed by atoms with van der Waals surface area (Å²) in [4.78, 5) is 25.2. The number of nitrogens with one attached hydrogen (secondary N) is 2. The number of anilines is 1. The van der Waals surface area contributed by atoms with E-state index in [-0.39, 0.29) is 17.9 Å². The highest BCUT2D eigenvalue weighted by molar-refractivity contribution is 5.98. The van der Waals surface area contributed by atoms with Crippen molar-refractivity contribution in [1.29, 1.82) is 0 Å². The Morgan fingerprint density at radius 2 is 1.53 bits per heavy atom. The minimum Gasteiger partial charge on any atom is -0.481 e. The summed E-state index contributed by atoms with van der Waals surface area (Å²) in [7, 11) is 0. The maximum atomic E-state index is 12.8. The molecule has 0 radical (unpaired) electrons. The Kier molecular flexibility index (Phi) is 8.03. The van der Waals surface area contributed by atoms with Crippen molar-refractivity contribution in [2.75, 3.05) is 5.32 Å². The highest BCUT2D eigenvalue weighted by Gasteiger charge is 2.19. The largest absolute Gasteiger partial charge is 0.481 e. The number of benzene rings is 3. The molecule has 0 saturated carbocycles. The SMILES string of the molecule is CCC(C)NC(=O)c1cccc(NC(=O)C(CC)Oc2ccc(-c3ccccc3)cc2)c1. The molecular weight excluding hydrogens is 400 g/mol. The van der Waals surface area contributed by atoms with Crippen LogP contribution in [-0.2, 0) is 4.79 Å². The minimum absolute atomic E-state index is 0.0897. The lowest BCUT2D eigenvalue weighted by Crippen LogP contribution is -2.33. The number of ether oxygens (including phenoxy) is 1. The van der Waals surface area contributed by atoms with Crippen LogP contribution in [0.4, 0.5) is 5.69 Å². The van der Waals surface area contributed by atoms with Gasteiger partial charge < -0.3 is 15.4 Å². The van der Waals surface area contributed by atoms with Crippen molar-refractivity contribution in [1.82, 2.24) is 5.32 Å². The Hall–Kier alpha value is -3.60. The maximum Gasteiger partial charge on any atom is 0.265 e. The van der Waals surface area contributed by atoms with Crippen LogP contribution < -0.4 is 15.4 Å². The summed E-state index contributed by atoms with van der Waals surface area (Å²) in [6.45, 7) is 5.87. The van der Waals surface area contributed by atoms with E-state index in [0.29, 0.717) is 23.4 Å². The molecule has 0 aliphatic carbocycles. The van der Waals surface area contributed by atoms with Crippen molar-refractivity contribution in [3.05, 3.63) is 84.4 Å². The second-order valence-electron chi connectivity index (χ2n) is 7.76. The van der Waals surface area contributed by atoms with Crippen LogP contribution in [0.5, 0.6) is 5.75 Å². The van der Waals surface area contributed by atoms with E-state index < -0.39 is 6.10 Å². The molecule has 0 saturated heterocycles. The fourth-order valence-electron chi connectivity index (χ4n) is 3.21. The molecular formula is C27H30N2O3. The molecule has 0 spiro atoms. The molecule has 3 aromatic carbocycles. The monoisotopic (exact) mass is 430 g/mol. The van der Waals surface area contributed by atoms with E-state index in [1.165, 1.54) is 0 Å².